The lowest BCUT2D eigenvalue weighted by molar-refractivity contribution is 0.406. The van der Waals surface area contributed by atoms with Crippen LogP contribution in [0.25, 0.3) is 0 Å². The Morgan fingerprint density at radius 1 is 1.42 bits per heavy atom. The molecule has 12 heavy (non-hydrogen) atoms. The van der Waals surface area contributed by atoms with Gasteiger partial charge in [-0.3, -0.25) is 4.98 Å². The first-order valence-corrected chi connectivity index (χ1v) is 4.75. The number of hydrogen-bond acceptors (Lipinski definition) is 1. The highest BCUT2D eigenvalue weighted by atomic mass is 31.0. The summed E-state index contributed by atoms with van der Waals surface area (Å²) >= 11 is 0. The van der Waals surface area contributed by atoms with Crippen molar-refractivity contribution in [3.63, 3.8) is 0 Å². The predicted octanol–water partition coefficient (Wildman–Crippen LogP) is 2.17. The van der Waals surface area contributed by atoms with E-state index in [1.807, 2.05) is 12.3 Å². The molecular formula is C10H16NP. The molecule has 1 atom stereocenters. The van der Waals surface area contributed by atoms with E-state index in [1.54, 1.807) is 0 Å². The Kier molecular flexibility index (Phi) is 2.85. The Morgan fingerprint density at radius 3 is 2.58 bits per heavy atom. The Morgan fingerprint density at radius 2 is 2.08 bits per heavy atom. The predicted molar refractivity (Wildman–Crippen MR) is 56.7 cm³/mol. The van der Waals surface area contributed by atoms with Crippen molar-refractivity contribution in [1.29, 1.82) is 0 Å². The lowest BCUT2D eigenvalue weighted by atomic mass is 9.90. The van der Waals surface area contributed by atoms with Gasteiger partial charge in [0, 0.05) is 11.9 Å². The maximum Gasteiger partial charge on any atom is 0.0414 e. The van der Waals surface area contributed by atoms with Crippen molar-refractivity contribution < 1.29 is 0 Å². The molecule has 0 radical (unpaired) electrons. The summed E-state index contributed by atoms with van der Waals surface area (Å²) in [7, 11) is 2.69. The average Bonchev–Trinajstić information content (AvgIpc) is 1.82. The lowest BCUT2D eigenvalue weighted by Crippen LogP contribution is -2.11. The summed E-state index contributed by atoms with van der Waals surface area (Å²) in [6.07, 6.45) is 2.90. The van der Waals surface area contributed by atoms with Crippen LogP contribution in [0, 0.1) is 5.41 Å². The van der Waals surface area contributed by atoms with Crippen molar-refractivity contribution in [2.75, 3.05) is 0 Å². The first-order chi connectivity index (χ1) is 5.47. The molecule has 0 saturated heterocycles. The highest BCUT2D eigenvalue weighted by Crippen LogP contribution is 2.18. The van der Waals surface area contributed by atoms with E-state index >= 15 is 0 Å². The maximum absolute atomic E-state index is 4.31. The zero-order valence-electron chi connectivity index (χ0n) is 7.96. The van der Waals surface area contributed by atoms with Gasteiger partial charge >= 0.3 is 0 Å². The van der Waals surface area contributed by atoms with Crippen LogP contribution in [0.1, 0.15) is 26.5 Å². The minimum atomic E-state index is 0.325. The normalized spacial score (nSPS) is 11.7. The third-order valence-electron chi connectivity index (χ3n) is 1.55. The molecule has 0 saturated carbocycles. The molecule has 1 heterocycles. The van der Waals surface area contributed by atoms with Gasteiger partial charge in [0.1, 0.15) is 0 Å². The molecule has 1 nitrogen and oxygen atoms in total. The third kappa shape index (κ3) is 3.32. The van der Waals surface area contributed by atoms with E-state index in [1.165, 1.54) is 11.0 Å². The van der Waals surface area contributed by atoms with Crippen LogP contribution < -0.4 is 5.30 Å². The van der Waals surface area contributed by atoms with Crippen LogP contribution in [0.2, 0.25) is 0 Å². The standard InChI is InChI=1S/C10H16NP/c1-10(2,3)7-8-6-9(12)4-5-11-8/h4-6H,7,12H2,1-3H3. The molecule has 0 bridgehead atoms. The van der Waals surface area contributed by atoms with Crippen molar-refractivity contribution in [1.82, 2.24) is 4.98 Å². The minimum absolute atomic E-state index is 0.325. The maximum atomic E-state index is 4.31. The Labute approximate surface area is 76.8 Å². The third-order valence-corrected chi connectivity index (χ3v) is 1.91. The van der Waals surface area contributed by atoms with Crippen LogP contribution >= 0.6 is 9.24 Å². The van der Waals surface area contributed by atoms with E-state index in [2.05, 4.69) is 41.1 Å². The van der Waals surface area contributed by atoms with Gasteiger partial charge < -0.3 is 0 Å². The number of rotatable bonds is 1. The molecule has 0 aliphatic carbocycles. The number of pyridine rings is 1. The van der Waals surface area contributed by atoms with Gasteiger partial charge in [-0.25, -0.2) is 0 Å². The number of nitrogens with zero attached hydrogens (tertiary/aromatic N) is 1. The van der Waals surface area contributed by atoms with Crippen molar-refractivity contribution in [3.8, 4) is 0 Å². The van der Waals surface area contributed by atoms with Crippen LogP contribution in [0.3, 0.4) is 0 Å². The molecular weight excluding hydrogens is 165 g/mol. The second kappa shape index (κ2) is 3.53. The second-order valence-corrected chi connectivity index (χ2v) is 4.98. The first kappa shape index (κ1) is 9.67. The fourth-order valence-electron chi connectivity index (χ4n) is 1.14. The van der Waals surface area contributed by atoms with Crippen molar-refractivity contribution in [2.24, 2.45) is 5.41 Å². The summed E-state index contributed by atoms with van der Waals surface area (Å²) in [6.45, 7) is 6.68. The fraction of sp³-hybridized carbons (Fsp3) is 0.500. The summed E-state index contributed by atoms with van der Waals surface area (Å²) in [5, 5.41) is 1.21. The Hall–Kier alpha value is -0.420. The monoisotopic (exact) mass is 181 g/mol. The van der Waals surface area contributed by atoms with E-state index in [9.17, 15) is 0 Å². The van der Waals surface area contributed by atoms with Crippen LogP contribution in [0.5, 0.6) is 0 Å². The van der Waals surface area contributed by atoms with Crippen LogP contribution in [-0.2, 0) is 6.42 Å². The van der Waals surface area contributed by atoms with Crippen molar-refractivity contribution >= 4 is 14.5 Å². The van der Waals surface area contributed by atoms with Crippen molar-refractivity contribution in [3.05, 3.63) is 24.0 Å². The van der Waals surface area contributed by atoms with E-state index in [0.717, 1.165) is 6.42 Å². The van der Waals surface area contributed by atoms with Crippen LogP contribution in [-0.4, -0.2) is 4.98 Å². The van der Waals surface area contributed by atoms with Gasteiger partial charge in [0.05, 0.1) is 0 Å². The molecule has 66 valence electrons. The molecule has 2 heteroatoms. The summed E-state index contributed by atoms with van der Waals surface area (Å²) in [5.74, 6) is 0. The summed E-state index contributed by atoms with van der Waals surface area (Å²) in [6, 6.07) is 4.12. The van der Waals surface area contributed by atoms with E-state index in [4.69, 9.17) is 0 Å². The largest absolute Gasteiger partial charge is 0.261 e. The smallest absolute Gasteiger partial charge is 0.0414 e. The molecule has 0 spiro atoms. The Balaban J connectivity index is 2.77. The van der Waals surface area contributed by atoms with Gasteiger partial charge in [-0.2, -0.15) is 0 Å². The Bertz CT molecular complexity index is 263. The molecule has 0 aliphatic rings. The topological polar surface area (TPSA) is 12.9 Å². The molecule has 1 aromatic rings. The number of hydrogen-bond donors (Lipinski definition) is 0. The van der Waals surface area contributed by atoms with Gasteiger partial charge in [0.2, 0.25) is 0 Å². The molecule has 0 amide bonds. The zero-order chi connectivity index (χ0) is 9.19. The van der Waals surface area contributed by atoms with Gasteiger partial charge in [0.15, 0.2) is 0 Å². The summed E-state index contributed by atoms with van der Waals surface area (Å²) < 4.78 is 0. The molecule has 0 aliphatic heterocycles. The molecule has 0 aromatic carbocycles. The fourth-order valence-corrected chi connectivity index (χ4v) is 1.42. The molecule has 1 rings (SSSR count). The van der Waals surface area contributed by atoms with E-state index in [-0.39, 0.29) is 0 Å². The van der Waals surface area contributed by atoms with E-state index in [0.29, 0.717) is 5.41 Å². The van der Waals surface area contributed by atoms with Crippen LogP contribution in [0.4, 0.5) is 0 Å². The molecule has 0 N–H and O–H groups in total. The van der Waals surface area contributed by atoms with Crippen LogP contribution in [0.15, 0.2) is 18.3 Å². The van der Waals surface area contributed by atoms with Gasteiger partial charge in [-0.05, 0) is 29.3 Å². The SMILES string of the molecule is CC(C)(C)Cc1cc(P)ccn1. The highest BCUT2D eigenvalue weighted by molar-refractivity contribution is 7.27. The summed E-state index contributed by atoms with van der Waals surface area (Å²) in [4.78, 5) is 4.31. The minimum Gasteiger partial charge on any atom is -0.261 e. The second-order valence-electron chi connectivity index (χ2n) is 4.32. The zero-order valence-corrected chi connectivity index (χ0v) is 9.12. The summed E-state index contributed by atoms with van der Waals surface area (Å²) in [5.41, 5.74) is 1.50. The van der Waals surface area contributed by atoms with Gasteiger partial charge in [-0.15, -0.1) is 9.24 Å². The highest BCUT2D eigenvalue weighted by Gasteiger charge is 2.11. The number of aromatic nitrogens is 1. The van der Waals surface area contributed by atoms with E-state index < -0.39 is 0 Å². The van der Waals surface area contributed by atoms with Gasteiger partial charge in [-0.1, -0.05) is 20.8 Å². The van der Waals surface area contributed by atoms with Crippen molar-refractivity contribution in [2.45, 2.75) is 27.2 Å². The average molecular weight is 181 g/mol. The molecule has 1 unspecified atom stereocenters. The lowest BCUT2D eigenvalue weighted by Gasteiger charge is -2.17. The first-order valence-electron chi connectivity index (χ1n) is 4.18. The quantitative estimate of drug-likeness (QED) is 0.605. The van der Waals surface area contributed by atoms with Gasteiger partial charge in [0.25, 0.3) is 0 Å². The molecule has 0 fully saturated rings. The molecule has 1 aromatic heterocycles.